The van der Waals surface area contributed by atoms with Gasteiger partial charge in [-0.25, -0.2) is 0 Å². The quantitative estimate of drug-likeness (QED) is 0.687. The van der Waals surface area contributed by atoms with Crippen LogP contribution in [0.4, 0.5) is 0 Å². The van der Waals surface area contributed by atoms with Crippen LogP contribution in [0.25, 0.3) is 0 Å². The Morgan fingerprint density at radius 1 is 1.24 bits per heavy atom. The third kappa shape index (κ3) is 11.7. The minimum atomic E-state index is -0.252. The fraction of sp³-hybridized carbons (Fsp3) is 0.929. The van der Waals surface area contributed by atoms with E-state index < -0.39 is 0 Å². The predicted molar refractivity (Wildman–Crippen MR) is 73.8 cm³/mol. The molecule has 1 amide bonds. The number of hydrogen-bond acceptors (Lipinski definition) is 2. The summed E-state index contributed by atoms with van der Waals surface area (Å²) in [7, 11) is 0. The minimum absolute atomic E-state index is 0.126. The molecule has 0 aliphatic heterocycles. The van der Waals surface area contributed by atoms with Crippen LogP contribution in [0.5, 0.6) is 0 Å². The SMILES string of the molecule is CC(C)CCCC(C)NC(=O)CCC(C)(C)N. The number of hydrogen-bond donors (Lipinski definition) is 2. The fourth-order valence-corrected chi connectivity index (χ4v) is 1.69. The van der Waals surface area contributed by atoms with Crippen molar-refractivity contribution in [1.82, 2.24) is 5.32 Å². The third-order valence-electron chi connectivity index (χ3n) is 2.82. The zero-order valence-corrected chi connectivity index (χ0v) is 12.2. The number of rotatable bonds is 8. The lowest BCUT2D eigenvalue weighted by Crippen LogP contribution is -2.37. The van der Waals surface area contributed by atoms with E-state index in [0.717, 1.165) is 18.8 Å². The van der Waals surface area contributed by atoms with Gasteiger partial charge in [-0.1, -0.05) is 26.7 Å². The van der Waals surface area contributed by atoms with Gasteiger partial charge in [0.1, 0.15) is 0 Å². The van der Waals surface area contributed by atoms with E-state index in [2.05, 4.69) is 26.1 Å². The Balaban J connectivity index is 3.66. The van der Waals surface area contributed by atoms with Crippen LogP contribution in [0.2, 0.25) is 0 Å². The highest BCUT2D eigenvalue weighted by Gasteiger charge is 2.14. The molecule has 17 heavy (non-hydrogen) atoms. The van der Waals surface area contributed by atoms with Gasteiger partial charge in [0.05, 0.1) is 0 Å². The van der Waals surface area contributed by atoms with Crippen molar-refractivity contribution >= 4 is 5.91 Å². The number of carbonyl (C=O) groups is 1. The van der Waals surface area contributed by atoms with Gasteiger partial charge in [0.25, 0.3) is 0 Å². The minimum Gasteiger partial charge on any atom is -0.354 e. The van der Waals surface area contributed by atoms with Gasteiger partial charge in [-0.3, -0.25) is 4.79 Å². The average Bonchev–Trinajstić information content (AvgIpc) is 2.13. The van der Waals surface area contributed by atoms with Gasteiger partial charge in [-0.2, -0.15) is 0 Å². The van der Waals surface area contributed by atoms with Crippen molar-refractivity contribution in [3.63, 3.8) is 0 Å². The third-order valence-corrected chi connectivity index (χ3v) is 2.82. The molecule has 0 radical (unpaired) electrons. The normalized spacial score (nSPS) is 13.8. The first-order valence-corrected chi connectivity index (χ1v) is 6.79. The van der Waals surface area contributed by atoms with E-state index in [1.54, 1.807) is 0 Å². The summed E-state index contributed by atoms with van der Waals surface area (Å²) in [5.41, 5.74) is 5.60. The van der Waals surface area contributed by atoms with Crippen LogP contribution in [0.15, 0.2) is 0 Å². The number of nitrogens with two attached hydrogens (primary N) is 1. The maximum Gasteiger partial charge on any atom is 0.220 e. The van der Waals surface area contributed by atoms with Crippen molar-refractivity contribution < 1.29 is 4.79 Å². The molecule has 3 nitrogen and oxygen atoms in total. The second kappa shape index (κ2) is 7.70. The molecule has 102 valence electrons. The monoisotopic (exact) mass is 242 g/mol. The molecule has 3 N–H and O–H groups in total. The van der Waals surface area contributed by atoms with E-state index in [9.17, 15) is 4.79 Å². The van der Waals surface area contributed by atoms with Crippen LogP contribution in [0.3, 0.4) is 0 Å². The summed E-state index contributed by atoms with van der Waals surface area (Å²) in [6, 6.07) is 0.280. The second-order valence-electron chi connectivity index (χ2n) is 6.28. The lowest BCUT2D eigenvalue weighted by Gasteiger charge is -2.19. The van der Waals surface area contributed by atoms with E-state index in [1.165, 1.54) is 12.8 Å². The first-order chi connectivity index (χ1) is 7.70. The molecule has 0 rings (SSSR count). The average molecular weight is 242 g/mol. The highest BCUT2D eigenvalue weighted by molar-refractivity contribution is 5.76. The molecule has 1 unspecified atom stereocenters. The molecule has 0 spiro atoms. The maximum atomic E-state index is 11.6. The lowest BCUT2D eigenvalue weighted by molar-refractivity contribution is -0.122. The largest absolute Gasteiger partial charge is 0.354 e. The Bertz CT molecular complexity index is 219. The second-order valence-corrected chi connectivity index (χ2v) is 6.28. The topological polar surface area (TPSA) is 55.1 Å². The summed E-state index contributed by atoms with van der Waals surface area (Å²) >= 11 is 0. The molecule has 0 aromatic heterocycles. The lowest BCUT2D eigenvalue weighted by atomic mass is 9.99. The van der Waals surface area contributed by atoms with E-state index in [0.29, 0.717) is 6.42 Å². The Kier molecular flexibility index (Phi) is 7.44. The van der Waals surface area contributed by atoms with Gasteiger partial charge in [-0.05, 0) is 39.5 Å². The summed E-state index contributed by atoms with van der Waals surface area (Å²) in [6.45, 7) is 10.4. The van der Waals surface area contributed by atoms with Gasteiger partial charge in [0.2, 0.25) is 5.91 Å². The number of nitrogens with one attached hydrogen (secondary N) is 1. The molecular formula is C14H30N2O. The summed E-state index contributed by atoms with van der Waals surface area (Å²) < 4.78 is 0. The molecule has 0 fully saturated rings. The molecular weight excluding hydrogens is 212 g/mol. The Morgan fingerprint density at radius 3 is 2.29 bits per heavy atom. The van der Waals surface area contributed by atoms with E-state index in [4.69, 9.17) is 5.73 Å². The maximum absolute atomic E-state index is 11.6. The zero-order valence-electron chi connectivity index (χ0n) is 12.2. The van der Waals surface area contributed by atoms with E-state index >= 15 is 0 Å². The highest BCUT2D eigenvalue weighted by atomic mass is 16.1. The molecule has 0 aliphatic carbocycles. The van der Waals surface area contributed by atoms with Crippen molar-refractivity contribution in [2.24, 2.45) is 11.7 Å². The van der Waals surface area contributed by atoms with Crippen molar-refractivity contribution in [3.05, 3.63) is 0 Å². The van der Waals surface area contributed by atoms with Crippen LogP contribution in [-0.2, 0) is 4.79 Å². The molecule has 0 saturated carbocycles. The molecule has 3 heteroatoms. The van der Waals surface area contributed by atoms with Gasteiger partial charge < -0.3 is 11.1 Å². The molecule has 1 atom stereocenters. The van der Waals surface area contributed by atoms with Crippen molar-refractivity contribution in [2.75, 3.05) is 0 Å². The van der Waals surface area contributed by atoms with Crippen LogP contribution in [-0.4, -0.2) is 17.5 Å². The summed E-state index contributed by atoms with van der Waals surface area (Å²) in [6.07, 6.45) is 4.74. The number of amides is 1. The van der Waals surface area contributed by atoms with Gasteiger partial charge in [0.15, 0.2) is 0 Å². The van der Waals surface area contributed by atoms with Crippen molar-refractivity contribution in [2.45, 2.75) is 78.3 Å². The van der Waals surface area contributed by atoms with Crippen LogP contribution >= 0.6 is 0 Å². The zero-order chi connectivity index (χ0) is 13.5. The molecule has 0 saturated heterocycles. The van der Waals surface area contributed by atoms with E-state index in [1.807, 2.05) is 13.8 Å². The summed E-state index contributed by atoms with van der Waals surface area (Å²) in [4.78, 5) is 11.6. The number of carbonyl (C=O) groups excluding carboxylic acids is 1. The van der Waals surface area contributed by atoms with Gasteiger partial charge >= 0.3 is 0 Å². The molecule has 0 aromatic carbocycles. The standard InChI is InChI=1S/C14H30N2O/c1-11(2)7-6-8-12(3)16-13(17)9-10-14(4,5)15/h11-12H,6-10,15H2,1-5H3,(H,16,17). The smallest absolute Gasteiger partial charge is 0.220 e. The van der Waals surface area contributed by atoms with Crippen LogP contribution in [0, 0.1) is 5.92 Å². The molecule has 0 aromatic rings. The predicted octanol–water partition coefficient (Wildman–Crippen LogP) is 2.83. The Hall–Kier alpha value is -0.570. The first-order valence-electron chi connectivity index (χ1n) is 6.79. The molecule has 0 aliphatic rings. The Labute approximate surface area is 107 Å². The fourth-order valence-electron chi connectivity index (χ4n) is 1.69. The van der Waals surface area contributed by atoms with E-state index in [-0.39, 0.29) is 17.5 Å². The first kappa shape index (κ1) is 16.4. The summed E-state index contributed by atoms with van der Waals surface area (Å²) in [5, 5.41) is 3.03. The van der Waals surface area contributed by atoms with Crippen molar-refractivity contribution in [3.8, 4) is 0 Å². The van der Waals surface area contributed by atoms with Crippen molar-refractivity contribution in [1.29, 1.82) is 0 Å². The molecule has 0 bridgehead atoms. The highest BCUT2D eigenvalue weighted by Crippen LogP contribution is 2.09. The Morgan fingerprint density at radius 2 is 1.82 bits per heavy atom. The van der Waals surface area contributed by atoms with Crippen LogP contribution in [0.1, 0.15) is 66.7 Å². The summed E-state index contributed by atoms with van der Waals surface area (Å²) in [5.74, 6) is 0.872. The van der Waals surface area contributed by atoms with Gasteiger partial charge in [0, 0.05) is 18.0 Å². The van der Waals surface area contributed by atoms with Gasteiger partial charge in [-0.15, -0.1) is 0 Å². The van der Waals surface area contributed by atoms with Crippen LogP contribution < -0.4 is 11.1 Å². The molecule has 0 heterocycles.